The number of hydrogen-bond acceptors (Lipinski definition) is 2. The van der Waals surface area contributed by atoms with Gasteiger partial charge in [0.2, 0.25) is 0 Å². The lowest BCUT2D eigenvalue weighted by Gasteiger charge is -2.32. The Morgan fingerprint density at radius 3 is 2.77 bits per heavy atom. The largest absolute Gasteiger partial charge is 0.326 e. The summed E-state index contributed by atoms with van der Waals surface area (Å²) in [6, 6.07) is 16.0. The van der Waals surface area contributed by atoms with Crippen molar-refractivity contribution in [2.45, 2.75) is 30.4 Å². The first-order chi connectivity index (χ1) is 10.7. The number of carbonyl (C=O) groups excluding carboxylic acids is 1. The number of aryl methyl sites for hydroxylation is 1. The van der Waals surface area contributed by atoms with Gasteiger partial charge in [-0.1, -0.05) is 44.2 Å². The number of anilines is 2. The molecule has 1 aliphatic heterocycles. The SMILES string of the molecule is CCc1ccccc1NC(=O)N1C[C@H](C)Sc2ccccc21. The Bertz CT molecular complexity index is 686. The molecule has 0 fully saturated rings. The van der Waals surface area contributed by atoms with Crippen LogP contribution in [-0.2, 0) is 6.42 Å². The van der Waals surface area contributed by atoms with Crippen molar-refractivity contribution < 1.29 is 4.79 Å². The van der Waals surface area contributed by atoms with E-state index >= 15 is 0 Å². The number of hydrogen-bond donors (Lipinski definition) is 1. The zero-order valence-corrected chi connectivity index (χ0v) is 13.7. The Morgan fingerprint density at radius 2 is 1.95 bits per heavy atom. The van der Waals surface area contributed by atoms with Crippen molar-refractivity contribution in [3.63, 3.8) is 0 Å². The molecule has 0 spiro atoms. The molecule has 0 aromatic heterocycles. The highest BCUT2D eigenvalue weighted by atomic mass is 32.2. The number of rotatable bonds is 2. The topological polar surface area (TPSA) is 32.3 Å². The van der Waals surface area contributed by atoms with Crippen LogP contribution in [0, 0.1) is 0 Å². The molecule has 0 saturated heterocycles. The van der Waals surface area contributed by atoms with Gasteiger partial charge in [0.05, 0.1) is 5.69 Å². The first kappa shape index (κ1) is 15.0. The molecule has 3 nitrogen and oxygen atoms in total. The van der Waals surface area contributed by atoms with Crippen LogP contribution in [0.15, 0.2) is 53.4 Å². The van der Waals surface area contributed by atoms with Crippen molar-refractivity contribution in [3.05, 3.63) is 54.1 Å². The van der Waals surface area contributed by atoms with Gasteiger partial charge in [-0.15, -0.1) is 11.8 Å². The highest BCUT2D eigenvalue weighted by Gasteiger charge is 2.26. The van der Waals surface area contributed by atoms with Crippen LogP contribution in [0.1, 0.15) is 19.4 Å². The van der Waals surface area contributed by atoms with Gasteiger partial charge in [0, 0.05) is 22.4 Å². The van der Waals surface area contributed by atoms with E-state index < -0.39 is 0 Å². The van der Waals surface area contributed by atoms with Crippen LogP contribution in [0.5, 0.6) is 0 Å². The molecule has 1 atom stereocenters. The molecule has 0 unspecified atom stereocenters. The Morgan fingerprint density at radius 1 is 1.23 bits per heavy atom. The maximum Gasteiger partial charge on any atom is 0.326 e. The van der Waals surface area contributed by atoms with Gasteiger partial charge in [-0.25, -0.2) is 4.79 Å². The summed E-state index contributed by atoms with van der Waals surface area (Å²) in [5.74, 6) is 0. The fourth-order valence-electron chi connectivity index (χ4n) is 2.71. The number of benzene rings is 2. The molecule has 3 rings (SSSR count). The Balaban J connectivity index is 1.86. The van der Waals surface area contributed by atoms with Crippen LogP contribution in [0.25, 0.3) is 0 Å². The average molecular weight is 312 g/mol. The molecule has 1 heterocycles. The monoisotopic (exact) mass is 312 g/mol. The van der Waals surface area contributed by atoms with Gasteiger partial charge in [0.25, 0.3) is 0 Å². The predicted octanol–water partition coefficient (Wildman–Crippen LogP) is 4.78. The van der Waals surface area contributed by atoms with Crippen molar-refractivity contribution in [2.75, 3.05) is 16.8 Å². The van der Waals surface area contributed by atoms with Crippen LogP contribution in [0.3, 0.4) is 0 Å². The lowest BCUT2D eigenvalue weighted by Crippen LogP contribution is -2.41. The van der Waals surface area contributed by atoms with Crippen molar-refractivity contribution in [1.29, 1.82) is 0 Å². The molecule has 0 bridgehead atoms. The fourth-order valence-corrected chi connectivity index (χ4v) is 3.83. The quantitative estimate of drug-likeness (QED) is 0.865. The highest BCUT2D eigenvalue weighted by molar-refractivity contribution is 8.00. The lowest BCUT2D eigenvalue weighted by molar-refractivity contribution is 0.256. The van der Waals surface area contributed by atoms with E-state index in [9.17, 15) is 4.79 Å². The van der Waals surface area contributed by atoms with E-state index in [1.165, 1.54) is 4.90 Å². The highest BCUT2D eigenvalue weighted by Crippen LogP contribution is 2.38. The second-order valence-electron chi connectivity index (χ2n) is 5.45. The maximum atomic E-state index is 12.7. The summed E-state index contributed by atoms with van der Waals surface area (Å²) in [5, 5.41) is 3.46. The first-order valence-electron chi connectivity index (χ1n) is 7.61. The van der Waals surface area contributed by atoms with Crippen molar-refractivity contribution >= 4 is 29.2 Å². The number of carbonyl (C=O) groups is 1. The summed E-state index contributed by atoms with van der Waals surface area (Å²) in [4.78, 5) is 15.8. The van der Waals surface area contributed by atoms with Crippen LogP contribution in [-0.4, -0.2) is 17.8 Å². The second kappa shape index (κ2) is 6.44. The van der Waals surface area contributed by atoms with Gasteiger partial charge in [-0.2, -0.15) is 0 Å². The van der Waals surface area contributed by atoms with E-state index in [2.05, 4.69) is 31.3 Å². The van der Waals surface area contributed by atoms with Crippen molar-refractivity contribution in [2.24, 2.45) is 0 Å². The number of nitrogens with one attached hydrogen (secondary N) is 1. The van der Waals surface area contributed by atoms with Gasteiger partial charge >= 0.3 is 6.03 Å². The molecule has 22 heavy (non-hydrogen) atoms. The Labute approximate surface area is 135 Å². The number of nitrogens with zero attached hydrogens (tertiary/aromatic N) is 1. The average Bonchev–Trinajstić information content (AvgIpc) is 2.54. The summed E-state index contributed by atoms with van der Waals surface area (Å²) in [7, 11) is 0. The summed E-state index contributed by atoms with van der Waals surface area (Å²) in [6.45, 7) is 4.97. The van der Waals surface area contributed by atoms with E-state index in [-0.39, 0.29) is 6.03 Å². The smallest absolute Gasteiger partial charge is 0.307 e. The minimum atomic E-state index is -0.0551. The molecule has 114 valence electrons. The maximum absolute atomic E-state index is 12.7. The van der Waals surface area contributed by atoms with Crippen LogP contribution in [0.4, 0.5) is 16.2 Å². The third kappa shape index (κ3) is 2.97. The standard InChI is InChI=1S/C18H20N2OS/c1-3-14-8-4-5-9-15(14)19-18(21)20-12-13(2)22-17-11-7-6-10-16(17)20/h4-11,13H,3,12H2,1-2H3,(H,19,21)/t13-/m0/s1. The van der Waals surface area contributed by atoms with Crippen molar-refractivity contribution in [1.82, 2.24) is 0 Å². The third-order valence-electron chi connectivity index (χ3n) is 3.81. The fraction of sp³-hybridized carbons (Fsp3) is 0.278. The molecule has 2 aromatic carbocycles. The lowest BCUT2D eigenvalue weighted by atomic mass is 10.1. The first-order valence-corrected chi connectivity index (χ1v) is 8.49. The summed E-state index contributed by atoms with van der Waals surface area (Å²) in [5.41, 5.74) is 3.05. The van der Waals surface area contributed by atoms with E-state index in [0.29, 0.717) is 5.25 Å². The molecule has 2 amide bonds. The van der Waals surface area contributed by atoms with Crippen molar-refractivity contribution in [3.8, 4) is 0 Å². The predicted molar refractivity (Wildman–Crippen MR) is 93.9 cm³/mol. The van der Waals surface area contributed by atoms with Gasteiger partial charge in [-0.3, -0.25) is 4.90 Å². The second-order valence-corrected chi connectivity index (χ2v) is 6.93. The molecular weight excluding hydrogens is 292 g/mol. The van der Waals surface area contributed by atoms with E-state index in [1.54, 1.807) is 0 Å². The van der Waals surface area contributed by atoms with Crippen LogP contribution < -0.4 is 10.2 Å². The van der Waals surface area contributed by atoms with Gasteiger partial charge in [0.15, 0.2) is 0 Å². The summed E-state index contributed by atoms with van der Waals surface area (Å²) < 4.78 is 0. The number of para-hydroxylation sites is 2. The van der Waals surface area contributed by atoms with E-state index in [0.717, 1.165) is 29.9 Å². The molecule has 4 heteroatoms. The Kier molecular flexibility index (Phi) is 4.39. The third-order valence-corrected chi connectivity index (χ3v) is 4.96. The Hall–Kier alpha value is -1.94. The van der Waals surface area contributed by atoms with E-state index in [1.807, 2.05) is 53.1 Å². The zero-order valence-electron chi connectivity index (χ0n) is 12.9. The van der Waals surface area contributed by atoms with Gasteiger partial charge in [0.1, 0.15) is 0 Å². The molecule has 2 aromatic rings. The van der Waals surface area contributed by atoms with E-state index in [4.69, 9.17) is 0 Å². The van der Waals surface area contributed by atoms with Crippen LogP contribution >= 0.6 is 11.8 Å². The minimum absolute atomic E-state index is 0.0551. The molecule has 0 radical (unpaired) electrons. The number of urea groups is 1. The summed E-state index contributed by atoms with van der Waals surface area (Å²) >= 11 is 1.83. The minimum Gasteiger partial charge on any atom is -0.307 e. The number of amides is 2. The molecule has 1 N–H and O–H groups in total. The molecule has 0 saturated carbocycles. The summed E-state index contributed by atoms with van der Waals surface area (Å²) in [6.07, 6.45) is 0.902. The van der Waals surface area contributed by atoms with Crippen LogP contribution in [0.2, 0.25) is 0 Å². The molecule has 0 aliphatic carbocycles. The zero-order chi connectivity index (χ0) is 15.5. The number of fused-ring (bicyclic) bond motifs is 1. The van der Waals surface area contributed by atoms with Gasteiger partial charge in [-0.05, 0) is 30.2 Å². The molecule has 1 aliphatic rings. The normalized spacial score (nSPS) is 17.0. The van der Waals surface area contributed by atoms with Gasteiger partial charge < -0.3 is 5.32 Å². The molecular formula is C18H20N2OS. The number of thioether (sulfide) groups is 1.